The van der Waals surface area contributed by atoms with Crippen LogP contribution in [-0.4, -0.2) is 17.0 Å². The van der Waals surface area contributed by atoms with Gasteiger partial charge in [-0.05, 0) is 54.1 Å². The monoisotopic (exact) mass is 454 g/mol. The number of rotatable bonds is 6. The van der Waals surface area contributed by atoms with Gasteiger partial charge >= 0.3 is 0 Å². The summed E-state index contributed by atoms with van der Waals surface area (Å²) in [6.07, 6.45) is 1.43. The highest BCUT2D eigenvalue weighted by Crippen LogP contribution is 2.28. The zero-order valence-corrected chi connectivity index (χ0v) is 17.1. The van der Waals surface area contributed by atoms with Crippen LogP contribution < -0.4 is 10.2 Å². The predicted molar refractivity (Wildman–Crippen MR) is 116 cm³/mol. The lowest BCUT2D eigenvalue weighted by atomic mass is 10.2. The summed E-state index contributed by atoms with van der Waals surface area (Å²) < 4.78 is 5.63. The number of carbonyl (C=O) groups is 1. The molecule has 0 aromatic heterocycles. The Morgan fingerprint density at radius 2 is 1.87 bits per heavy atom. The number of hydrogen-bond donors (Lipinski definition) is 1. The van der Waals surface area contributed by atoms with E-state index in [1.54, 1.807) is 30.3 Å². The normalized spacial score (nSPS) is 10.5. The highest BCUT2D eigenvalue weighted by molar-refractivity contribution is 6.36. The Morgan fingerprint density at radius 3 is 2.52 bits per heavy atom. The van der Waals surface area contributed by atoms with Crippen LogP contribution in [0.4, 0.5) is 5.69 Å². The van der Waals surface area contributed by atoms with Gasteiger partial charge in [0, 0.05) is 17.2 Å². The quantitative estimate of drug-likeness (QED) is 0.306. The van der Waals surface area contributed by atoms with E-state index < -0.39 is 10.8 Å². The van der Waals surface area contributed by atoms with Gasteiger partial charge in [0.15, 0.2) is 0 Å². The van der Waals surface area contributed by atoms with Crippen LogP contribution in [0.5, 0.6) is 11.5 Å². The summed E-state index contributed by atoms with van der Waals surface area (Å²) in [6, 6.07) is 16.8. The van der Waals surface area contributed by atoms with Crippen molar-refractivity contribution in [3.63, 3.8) is 0 Å². The first kappa shape index (κ1) is 21.8. The Morgan fingerprint density at radius 1 is 1.13 bits per heavy atom. The van der Waals surface area contributed by atoms with E-state index in [0.29, 0.717) is 16.3 Å². The molecule has 10 heteroatoms. The molecule has 0 spiro atoms. The van der Waals surface area contributed by atoms with Crippen LogP contribution in [-0.2, 0) is 0 Å². The second kappa shape index (κ2) is 9.71. The van der Waals surface area contributed by atoms with Gasteiger partial charge in [0.05, 0.1) is 21.7 Å². The molecule has 0 saturated carbocycles. The molecule has 0 radical (unpaired) electrons. The maximum absolute atomic E-state index is 12.1. The van der Waals surface area contributed by atoms with Crippen LogP contribution in [0.1, 0.15) is 21.5 Å². The third-order valence-electron chi connectivity index (χ3n) is 3.96. The molecule has 0 unspecified atom stereocenters. The van der Waals surface area contributed by atoms with Gasteiger partial charge in [-0.25, -0.2) is 5.43 Å². The maximum Gasteiger partial charge on any atom is 0.272 e. The third-order valence-corrected chi connectivity index (χ3v) is 4.51. The fourth-order valence-corrected chi connectivity index (χ4v) is 2.95. The summed E-state index contributed by atoms with van der Waals surface area (Å²) in [6.45, 7) is 0. The Kier molecular flexibility index (Phi) is 6.82. The number of nitrogens with one attached hydrogen (secondary N) is 1. The molecule has 8 nitrogen and oxygen atoms in total. The van der Waals surface area contributed by atoms with E-state index in [0.717, 1.165) is 6.07 Å². The van der Waals surface area contributed by atoms with Crippen LogP contribution in [0, 0.1) is 21.4 Å². The topological polar surface area (TPSA) is 118 Å². The van der Waals surface area contributed by atoms with E-state index in [9.17, 15) is 20.2 Å². The van der Waals surface area contributed by atoms with Gasteiger partial charge in [-0.2, -0.15) is 10.4 Å². The molecule has 0 atom stereocenters. The van der Waals surface area contributed by atoms with E-state index >= 15 is 0 Å². The summed E-state index contributed by atoms with van der Waals surface area (Å²) in [5.74, 6) is 0.126. The number of nitro groups is 1. The predicted octanol–water partition coefficient (Wildman–Crippen LogP) is 5.33. The fourth-order valence-electron chi connectivity index (χ4n) is 2.46. The number of nitriles is 1. The second-order valence-electron chi connectivity index (χ2n) is 6.04. The number of benzene rings is 3. The standard InChI is InChI=1S/C21H12Cl2N4O4/c22-15-3-7-18(19(23)10-15)21(28)26-25-12-13-1-5-17(6-2-13)31-20-8-4-16(27(29)30)9-14(20)11-24/h1-10,12H,(H,26,28)/b25-12-. The molecule has 154 valence electrons. The minimum absolute atomic E-state index is 0.0448. The SMILES string of the molecule is N#Cc1cc([N+](=O)[O-])ccc1Oc1ccc(/C=N\NC(=O)c2ccc(Cl)cc2Cl)cc1. The number of carbonyl (C=O) groups excluding carboxylic acids is 1. The number of nitro benzene ring substituents is 1. The van der Waals surface area contributed by atoms with Crippen molar-refractivity contribution in [1.29, 1.82) is 5.26 Å². The van der Waals surface area contributed by atoms with Crippen molar-refractivity contribution in [3.05, 3.63) is 97.5 Å². The number of hydrogen-bond acceptors (Lipinski definition) is 6. The van der Waals surface area contributed by atoms with Gasteiger partial charge < -0.3 is 4.74 Å². The first-order chi connectivity index (χ1) is 14.9. The first-order valence-corrected chi connectivity index (χ1v) is 9.38. The first-order valence-electron chi connectivity index (χ1n) is 8.62. The van der Waals surface area contributed by atoms with Crippen LogP contribution in [0.15, 0.2) is 65.8 Å². The molecule has 31 heavy (non-hydrogen) atoms. The van der Waals surface area contributed by atoms with Gasteiger partial charge in [-0.1, -0.05) is 23.2 Å². The van der Waals surface area contributed by atoms with E-state index in [2.05, 4.69) is 10.5 Å². The van der Waals surface area contributed by atoms with Crippen LogP contribution >= 0.6 is 23.2 Å². The summed E-state index contributed by atoms with van der Waals surface area (Å²) in [4.78, 5) is 22.3. The summed E-state index contributed by atoms with van der Waals surface area (Å²) in [5, 5.41) is 24.5. The molecule has 0 aliphatic carbocycles. The molecule has 0 heterocycles. The van der Waals surface area contributed by atoms with Crippen molar-refractivity contribution >= 4 is 41.0 Å². The number of halogens is 2. The summed E-state index contributed by atoms with van der Waals surface area (Å²) in [5.41, 5.74) is 3.13. The van der Waals surface area contributed by atoms with Crippen LogP contribution in [0.2, 0.25) is 10.0 Å². The maximum atomic E-state index is 12.1. The van der Waals surface area contributed by atoms with E-state index in [4.69, 9.17) is 27.9 Å². The van der Waals surface area contributed by atoms with E-state index in [1.165, 1.54) is 30.5 Å². The lowest BCUT2D eigenvalue weighted by Crippen LogP contribution is -2.18. The molecule has 0 fully saturated rings. The number of nitrogens with zero attached hydrogens (tertiary/aromatic N) is 3. The average Bonchev–Trinajstić information content (AvgIpc) is 2.75. The Labute approximate surface area is 186 Å². The number of amides is 1. The van der Waals surface area contributed by atoms with Crippen molar-refractivity contribution in [2.24, 2.45) is 5.10 Å². The van der Waals surface area contributed by atoms with Crippen molar-refractivity contribution in [2.45, 2.75) is 0 Å². The molecule has 3 aromatic rings. The summed E-state index contributed by atoms with van der Waals surface area (Å²) >= 11 is 11.8. The van der Waals surface area contributed by atoms with Crippen LogP contribution in [0.25, 0.3) is 0 Å². The smallest absolute Gasteiger partial charge is 0.272 e. The fraction of sp³-hybridized carbons (Fsp3) is 0. The highest BCUT2D eigenvalue weighted by atomic mass is 35.5. The molecule has 0 aliphatic rings. The summed E-state index contributed by atoms with van der Waals surface area (Å²) in [7, 11) is 0. The average molecular weight is 455 g/mol. The Balaban J connectivity index is 1.65. The van der Waals surface area contributed by atoms with Gasteiger partial charge in [0.25, 0.3) is 11.6 Å². The molecule has 0 aliphatic heterocycles. The van der Waals surface area contributed by atoms with E-state index in [1.807, 2.05) is 6.07 Å². The molecule has 3 rings (SSSR count). The number of non-ortho nitro benzene ring substituents is 1. The molecule has 1 N–H and O–H groups in total. The molecular weight excluding hydrogens is 443 g/mol. The van der Waals surface area contributed by atoms with Gasteiger partial charge in [-0.3, -0.25) is 14.9 Å². The van der Waals surface area contributed by atoms with Crippen molar-refractivity contribution in [1.82, 2.24) is 5.43 Å². The number of hydrazone groups is 1. The zero-order chi connectivity index (χ0) is 22.4. The second-order valence-corrected chi connectivity index (χ2v) is 6.89. The van der Waals surface area contributed by atoms with Crippen molar-refractivity contribution in [3.8, 4) is 17.6 Å². The molecule has 0 saturated heterocycles. The minimum atomic E-state index is -0.585. The van der Waals surface area contributed by atoms with Gasteiger partial charge in [0.2, 0.25) is 0 Å². The van der Waals surface area contributed by atoms with Crippen molar-refractivity contribution < 1.29 is 14.5 Å². The van der Waals surface area contributed by atoms with E-state index in [-0.39, 0.29) is 27.6 Å². The number of ether oxygens (including phenoxy) is 1. The Hall–Kier alpha value is -3.93. The third kappa shape index (κ3) is 5.57. The zero-order valence-electron chi connectivity index (χ0n) is 15.6. The highest BCUT2D eigenvalue weighted by Gasteiger charge is 2.12. The van der Waals surface area contributed by atoms with Crippen molar-refractivity contribution in [2.75, 3.05) is 0 Å². The molecule has 1 amide bonds. The largest absolute Gasteiger partial charge is 0.456 e. The van der Waals surface area contributed by atoms with Crippen LogP contribution in [0.3, 0.4) is 0 Å². The lowest BCUT2D eigenvalue weighted by Gasteiger charge is -2.07. The molecular formula is C21H12Cl2N4O4. The molecule has 0 bridgehead atoms. The van der Waals surface area contributed by atoms with Gasteiger partial charge in [-0.15, -0.1) is 0 Å². The van der Waals surface area contributed by atoms with Gasteiger partial charge in [0.1, 0.15) is 23.1 Å². The minimum Gasteiger partial charge on any atom is -0.456 e. The molecule has 3 aromatic carbocycles. The Bertz CT molecular complexity index is 1220. The lowest BCUT2D eigenvalue weighted by molar-refractivity contribution is -0.384.